The third-order valence-corrected chi connectivity index (χ3v) is 3.42. The molecule has 0 fully saturated rings. The Morgan fingerprint density at radius 3 is 3.20 bits per heavy atom. The van der Waals surface area contributed by atoms with Gasteiger partial charge in [-0.1, -0.05) is 0 Å². The SMILES string of the molecule is c1cc2c3nnnn3c3ccsc3n2c1. The molecule has 0 aromatic carbocycles. The monoisotopic (exact) mass is 215 g/mol. The highest BCUT2D eigenvalue weighted by atomic mass is 32.1. The molecular formula is C9H5N5S. The van der Waals surface area contributed by atoms with E-state index in [0.29, 0.717) is 0 Å². The summed E-state index contributed by atoms with van der Waals surface area (Å²) in [5.74, 6) is 0. The first kappa shape index (κ1) is 7.36. The average Bonchev–Trinajstić information content (AvgIpc) is 2.97. The molecule has 72 valence electrons. The Morgan fingerprint density at radius 1 is 1.20 bits per heavy atom. The van der Waals surface area contributed by atoms with Gasteiger partial charge in [0.25, 0.3) is 0 Å². The largest absolute Gasteiger partial charge is 0.303 e. The van der Waals surface area contributed by atoms with Crippen LogP contribution in [0.5, 0.6) is 0 Å². The lowest BCUT2D eigenvalue weighted by Crippen LogP contribution is -1.93. The van der Waals surface area contributed by atoms with Crippen molar-refractivity contribution in [3.05, 3.63) is 29.8 Å². The van der Waals surface area contributed by atoms with Gasteiger partial charge in [-0.3, -0.25) is 0 Å². The lowest BCUT2D eigenvalue weighted by atomic mass is 10.4. The first-order valence-electron chi connectivity index (χ1n) is 4.49. The third kappa shape index (κ3) is 0.759. The summed E-state index contributed by atoms with van der Waals surface area (Å²) in [5, 5.41) is 13.8. The van der Waals surface area contributed by atoms with Crippen molar-refractivity contribution in [1.82, 2.24) is 24.4 Å². The Bertz CT molecular complexity index is 583. The lowest BCUT2D eigenvalue weighted by molar-refractivity contribution is 0.841. The molecule has 5 nitrogen and oxygen atoms in total. The summed E-state index contributed by atoms with van der Waals surface area (Å²) in [7, 11) is 0. The van der Waals surface area contributed by atoms with E-state index in [-0.39, 0.29) is 0 Å². The zero-order valence-corrected chi connectivity index (χ0v) is 8.35. The van der Waals surface area contributed by atoms with E-state index in [2.05, 4.69) is 19.9 Å². The van der Waals surface area contributed by atoms with E-state index in [1.54, 1.807) is 15.9 Å². The van der Waals surface area contributed by atoms with Crippen LogP contribution in [0.2, 0.25) is 0 Å². The van der Waals surface area contributed by atoms with Crippen LogP contribution in [0.25, 0.3) is 21.5 Å². The molecule has 0 saturated heterocycles. The Hall–Kier alpha value is -1.95. The number of fused-ring (bicyclic) bond motifs is 6. The van der Waals surface area contributed by atoms with Crippen molar-refractivity contribution in [1.29, 1.82) is 0 Å². The molecule has 0 saturated carbocycles. The average molecular weight is 215 g/mol. The van der Waals surface area contributed by atoms with Crippen LogP contribution in [-0.2, 0) is 0 Å². The topological polar surface area (TPSA) is 47.5 Å². The molecule has 0 amide bonds. The molecule has 4 aromatic rings. The van der Waals surface area contributed by atoms with Crippen LogP contribution in [0.15, 0.2) is 29.8 Å². The summed E-state index contributed by atoms with van der Waals surface area (Å²) in [5.41, 5.74) is 2.88. The molecule has 0 aliphatic rings. The van der Waals surface area contributed by atoms with Gasteiger partial charge in [-0.05, 0) is 34.0 Å². The van der Waals surface area contributed by atoms with Gasteiger partial charge < -0.3 is 4.40 Å². The zero-order valence-electron chi connectivity index (χ0n) is 7.53. The molecule has 4 heterocycles. The first-order chi connectivity index (χ1) is 7.45. The van der Waals surface area contributed by atoms with Gasteiger partial charge in [0.1, 0.15) is 10.3 Å². The molecule has 0 spiro atoms. The minimum absolute atomic E-state index is 0.797. The fourth-order valence-electron chi connectivity index (χ4n) is 1.89. The van der Waals surface area contributed by atoms with Crippen LogP contribution in [0.3, 0.4) is 0 Å². The predicted octanol–water partition coefficient (Wildman–Crippen LogP) is 1.59. The van der Waals surface area contributed by atoms with Gasteiger partial charge in [0.15, 0.2) is 0 Å². The van der Waals surface area contributed by atoms with Gasteiger partial charge in [0.2, 0.25) is 5.65 Å². The number of tetrazole rings is 1. The number of nitrogens with zero attached hydrogens (tertiary/aromatic N) is 5. The molecule has 0 aliphatic carbocycles. The maximum atomic E-state index is 4.03. The van der Waals surface area contributed by atoms with E-state index in [0.717, 1.165) is 21.5 Å². The molecule has 4 rings (SSSR count). The molecular weight excluding hydrogens is 210 g/mol. The van der Waals surface area contributed by atoms with Gasteiger partial charge in [0.05, 0.1) is 5.52 Å². The van der Waals surface area contributed by atoms with Crippen LogP contribution in [-0.4, -0.2) is 24.4 Å². The maximum Gasteiger partial charge on any atom is 0.203 e. The molecule has 4 aromatic heterocycles. The summed E-state index contributed by atoms with van der Waals surface area (Å²) >= 11 is 1.69. The highest BCUT2D eigenvalue weighted by Gasteiger charge is 2.10. The number of hydrogen-bond donors (Lipinski definition) is 0. The minimum atomic E-state index is 0.797. The van der Waals surface area contributed by atoms with Crippen molar-refractivity contribution in [3.8, 4) is 0 Å². The van der Waals surface area contributed by atoms with E-state index >= 15 is 0 Å². The highest BCUT2D eigenvalue weighted by molar-refractivity contribution is 7.16. The zero-order chi connectivity index (χ0) is 9.83. The Kier molecular flexibility index (Phi) is 1.15. The first-order valence-corrected chi connectivity index (χ1v) is 5.37. The van der Waals surface area contributed by atoms with Crippen LogP contribution in [0, 0.1) is 0 Å². The lowest BCUT2D eigenvalue weighted by Gasteiger charge is -1.99. The molecule has 6 heteroatoms. The smallest absolute Gasteiger partial charge is 0.203 e. The van der Waals surface area contributed by atoms with Crippen LogP contribution in [0.4, 0.5) is 0 Å². The quantitative estimate of drug-likeness (QED) is 0.447. The molecule has 0 bridgehead atoms. The molecule has 0 radical (unpaired) electrons. The number of hydrogen-bond acceptors (Lipinski definition) is 4. The van der Waals surface area contributed by atoms with Crippen molar-refractivity contribution in [2.24, 2.45) is 0 Å². The van der Waals surface area contributed by atoms with E-state index in [9.17, 15) is 0 Å². The van der Waals surface area contributed by atoms with Crippen molar-refractivity contribution >= 4 is 32.8 Å². The van der Waals surface area contributed by atoms with Gasteiger partial charge in [-0.15, -0.1) is 16.4 Å². The van der Waals surface area contributed by atoms with E-state index in [1.165, 1.54) is 0 Å². The number of thiophene rings is 1. The number of aromatic nitrogens is 5. The molecule has 0 aliphatic heterocycles. The van der Waals surface area contributed by atoms with Gasteiger partial charge in [-0.25, -0.2) is 0 Å². The fraction of sp³-hybridized carbons (Fsp3) is 0. The fourth-order valence-corrected chi connectivity index (χ4v) is 2.76. The second-order valence-corrected chi connectivity index (χ2v) is 4.18. The Labute approximate surface area is 87.6 Å². The second-order valence-electron chi connectivity index (χ2n) is 3.29. The maximum absolute atomic E-state index is 4.03. The van der Waals surface area contributed by atoms with E-state index < -0.39 is 0 Å². The van der Waals surface area contributed by atoms with Gasteiger partial charge in [0, 0.05) is 6.20 Å². The van der Waals surface area contributed by atoms with E-state index in [1.807, 2.05) is 29.8 Å². The van der Waals surface area contributed by atoms with Crippen molar-refractivity contribution in [3.63, 3.8) is 0 Å². The summed E-state index contributed by atoms with van der Waals surface area (Å²) in [6, 6.07) is 6.05. The number of rotatable bonds is 0. The van der Waals surface area contributed by atoms with Gasteiger partial charge in [-0.2, -0.15) is 4.52 Å². The molecule has 15 heavy (non-hydrogen) atoms. The summed E-state index contributed by atoms with van der Waals surface area (Å²) in [6.45, 7) is 0. The highest BCUT2D eigenvalue weighted by Crippen LogP contribution is 2.24. The van der Waals surface area contributed by atoms with E-state index in [4.69, 9.17) is 0 Å². The Balaban J connectivity index is 2.56. The van der Waals surface area contributed by atoms with Crippen molar-refractivity contribution in [2.75, 3.05) is 0 Å². The molecule has 0 unspecified atom stereocenters. The van der Waals surface area contributed by atoms with Gasteiger partial charge >= 0.3 is 0 Å². The molecule has 0 atom stereocenters. The van der Waals surface area contributed by atoms with Crippen LogP contribution < -0.4 is 0 Å². The summed E-state index contributed by atoms with van der Waals surface area (Å²) < 4.78 is 3.90. The Morgan fingerprint density at radius 2 is 2.20 bits per heavy atom. The van der Waals surface area contributed by atoms with Crippen LogP contribution in [0.1, 0.15) is 0 Å². The normalized spacial score (nSPS) is 12.0. The van der Waals surface area contributed by atoms with Crippen molar-refractivity contribution < 1.29 is 0 Å². The third-order valence-electron chi connectivity index (χ3n) is 2.52. The predicted molar refractivity (Wildman–Crippen MR) is 57.1 cm³/mol. The molecule has 0 N–H and O–H groups in total. The van der Waals surface area contributed by atoms with Crippen molar-refractivity contribution in [2.45, 2.75) is 0 Å². The van der Waals surface area contributed by atoms with Crippen LogP contribution >= 0.6 is 11.3 Å². The minimum Gasteiger partial charge on any atom is -0.303 e. The summed E-state index contributed by atoms with van der Waals surface area (Å²) in [4.78, 5) is 1.16. The standard InChI is InChI=1S/C9H5N5S/c1-2-6-8-10-11-12-14(8)7-3-5-15-9(7)13(6)4-1/h1-5H. The second kappa shape index (κ2) is 2.34. The summed E-state index contributed by atoms with van der Waals surface area (Å²) in [6.07, 6.45) is 2.03.